The van der Waals surface area contributed by atoms with Crippen molar-refractivity contribution in [1.82, 2.24) is 0 Å². The Bertz CT molecular complexity index is 628. The van der Waals surface area contributed by atoms with Gasteiger partial charge in [0.25, 0.3) is 0 Å². The van der Waals surface area contributed by atoms with Crippen LogP contribution in [0.3, 0.4) is 0 Å². The van der Waals surface area contributed by atoms with Crippen LogP contribution in [0.5, 0.6) is 5.75 Å². The summed E-state index contributed by atoms with van der Waals surface area (Å²) in [7, 11) is 0. The molecule has 0 amide bonds. The first-order chi connectivity index (χ1) is 10.0. The average molecular weight is 291 g/mol. The standard InChI is InChI=1S/C17H19F2NO/c1-4-21-17-10-14(18)7-8-16(17)20-12(3)13-6-5-11(2)15(19)9-13/h5-10,12,20H,4H2,1-3H3. The van der Waals surface area contributed by atoms with Crippen molar-refractivity contribution in [2.24, 2.45) is 0 Å². The highest BCUT2D eigenvalue weighted by Gasteiger charge is 2.11. The number of ether oxygens (including phenoxy) is 1. The van der Waals surface area contributed by atoms with Gasteiger partial charge in [0.2, 0.25) is 0 Å². The molecule has 0 aliphatic carbocycles. The van der Waals surface area contributed by atoms with Crippen molar-refractivity contribution < 1.29 is 13.5 Å². The molecule has 0 aliphatic rings. The molecular formula is C17H19F2NO. The number of halogens is 2. The Morgan fingerprint density at radius 1 is 1.14 bits per heavy atom. The third-order valence-electron chi connectivity index (χ3n) is 3.31. The van der Waals surface area contributed by atoms with Crippen LogP contribution in [0, 0.1) is 18.6 Å². The molecule has 0 radical (unpaired) electrons. The van der Waals surface area contributed by atoms with Crippen molar-refractivity contribution >= 4 is 5.69 Å². The fraction of sp³-hybridized carbons (Fsp3) is 0.294. The van der Waals surface area contributed by atoms with Crippen molar-refractivity contribution in [3.8, 4) is 5.75 Å². The maximum absolute atomic E-state index is 13.6. The van der Waals surface area contributed by atoms with Crippen LogP contribution in [0.25, 0.3) is 0 Å². The highest BCUT2D eigenvalue weighted by molar-refractivity contribution is 5.57. The monoisotopic (exact) mass is 291 g/mol. The summed E-state index contributed by atoms with van der Waals surface area (Å²) in [5.74, 6) is -0.125. The van der Waals surface area contributed by atoms with Gasteiger partial charge in [-0.2, -0.15) is 0 Å². The third-order valence-corrected chi connectivity index (χ3v) is 3.31. The van der Waals surface area contributed by atoms with Gasteiger partial charge in [-0.1, -0.05) is 12.1 Å². The lowest BCUT2D eigenvalue weighted by atomic mass is 10.1. The zero-order chi connectivity index (χ0) is 15.4. The second kappa shape index (κ2) is 6.57. The predicted octanol–water partition coefficient (Wildman–Crippen LogP) is 4.85. The lowest BCUT2D eigenvalue weighted by Crippen LogP contribution is -2.09. The van der Waals surface area contributed by atoms with E-state index in [1.54, 1.807) is 19.1 Å². The maximum Gasteiger partial charge on any atom is 0.145 e. The van der Waals surface area contributed by atoms with Crippen LogP contribution in [-0.2, 0) is 0 Å². The quantitative estimate of drug-likeness (QED) is 0.850. The van der Waals surface area contributed by atoms with Crippen molar-refractivity contribution in [2.45, 2.75) is 26.8 Å². The van der Waals surface area contributed by atoms with E-state index in [4.69, 9.17) is 4.74 Å². The van der Waals surface area contributed by atoms with Crippen LogP contribution in [0.1, 0.15) is 31.0 Å². The van der Waals surface area contributed by atoms with Gasteiger partial charge >= 0.3 is 0 Å². The molecule has 0 heterocycles. The van der Waals surface area contributed by atoms with Crippen molar-refractivity contribution in [3.05, 3.63) is 59.2 Å². The zero-order valence-electron chi connectivity index (χ0n) is 12.4. The van der Waals surface area contributed by atoms with E-state index in [1.165, 1.54) is 18.2 Å². The normalized spacial score (nSPS) is 12.0. The summed E-state index contributed by atoms with van der Waals surface area (Å²) < 4.78 is 32.3. The number of rotatable bonds is 5. The predicted molar refractivity (Wildman–Crippen MR) is 80.7 cm³/mol. The van der Waals surface area contributed by atoms with E-state index in [1.807, 2.05) is 19.9 Å². The van der Waals surface area contributed by atoms with Crippen LogP contribution in [-0.4, -0.2) is 6.61 Å². The Kier molecular flexibility index (Phi) is 4.78. The molecule has 1 unspecified atom stereocenters. The number of hydrogen-bond acceptors (Lipinski definition) is 2. The van der Waals surface area contributed by atoms with Gasteiger partial charge in [-0.05, 0) is 50.1 Å². The van der Waals surface area contributed by atoms with Gasteiger partial charge in [0.05, 0.1) is 12.3 Å². The number of hydrogen-bond donors (Lipinski definition) is 1. The summed E-state index contributed by atoms with van der Waals surface area (Å²) in [6.45, 7) is 5.94. The van der Waals surface area contributed by atoms with Crippen LogP contribution >= 0.6 is 0 Å². The van der Waals surface area contributed by atoms with Crippen LogP contribution in [0.2, 0.25) is 0 Å². The summed E-state index contributed by atoms with van der Waals surface area (Å²) in [5.41, 5.74) is 2.12. The second-order valence-corrected chi connectivity index (χ2v) is 4.95. The molecule has 0 aromatic heterocycles. The number of anilines is 1. The van der Waals surface area contributed by atoms with Gasteiger partial charge in [0, 0.05) is 12.1 Å². The molecule has 1 N–H and O–H groups in total. The lowest BCUT2D eigenvalue weighted by molar-refractivity contribution is 0.339. The third kappa shape index (κ3) is 3.72. The number of aryl methyl sites for hydroxylation is 1. The summed E-state index contributed by atoms with van der Waals surface area (Å²) in [6, 6.07) is 9.35. The van der Waals surface area contributed by atoms with Crippen LogP contribution in [0.4, 0.5) is 14.5 Å². The number of nitrogens with one attached hydrogen (secondary N) is 1. The minimum Gasteiger partial charge on any atom is -0.492 e. The fourth-order valence-corrected chi connectivity index (χ4v) is 2.09. The van der Waals surface area contributed by atoms with Crippen molar-refractivity contribution in [2.75, 3.05) is 11.9 Å². The molecule has 2 aromatic rings. The summed E-state index contributed by atoms with van der Waals surface area (Å²) >= 11 is 0. The molecule has 4 heteroatoms. The second-order valence-electron chi connectivity index (χ2n) is 4.95. The molecule has 2 aromatic carbocycles. The minimum atomic E-state index is -0.349. The molecule has 0 saturated heterocycles. The Morgan fingerprint density at radius 3 is 2.57 bits per heavy atom. The molecule has 0 bridgehead atoms. The van der Waals surface area contributed by atoms with E-state index in [2.05, 4.69) is 5.32 Å². The lowest BCUT2D eigenvalue weighted by Gasteiger charge is -2.19. The minimum absolute atomic E-state index is 0.121. The highest BCUT2D eigenvalue weighted by atomic mass is 19.1. The van der Waals surface area contributed by atoms with Crippen LogP contribution < -0.4 is 10.1 Å². The average Bonchev–Trinajstić information content (AvgIpc) is 2.45. The van der Waals surface area contributed by atoms with Gasteiger partial charge in [-0.25, -0.2) is 8.78 Å². The van der Waals surface area contributed by atoms with Gasteiger partial charge in [-0.3, -0.25) is 0 Å². The van der Waals surface area contributed by atoms with Gasteiger partial charge in [-0.15, -0.1) is 0 Å². The first-order valence-corrected chi connectivity index (χ1v) is 6.96. The van der Waals surface area contributed by atoms with Gasteiger partial charge in [0.1, 0.15) is 17.4 Å². The summed E-state index contributed by atoms with van der Waals surface area (Å²) in [6.07, 6.45) is 0. The van der Waals surface area contributed by atoms with E-state index >= 15 is 0 Å². The van der Waals surface area contributed by atoms with E-state index in [0.717, 1.165) is 5.56 Å². The van der Waals surface area contributed by atoms with Crippen molar-refractivity contribution in [1.29, 1.82) is 0 Å². The Labute approximate surface area is 123 Å². The molecular weight excluding hydrogens is 272 g/mol. The summed E-state index contributed by atoms with van der Waals surface area (Å²) in [5, 5.41) is 3.23. The Morgan fingerprint density at radius 2 is 1.90 bits per heavy atom. The molecule has 2 nitrogen and oxygen atoms in total. The topological polar surface area (TPSA) is 21.3 Å². The molecule has 0 aliphatic heterocycles. The highest BCUT2D eigenvalue weighted by Crippen LogP contribution is 2.29. The zero-order valence-corrected chi connectivity index (χ0v) is 12.4. The first kappa shape index (κ1) is 15.3. The largest absolute Gasteiger partial charge is 0.492 e. The van der Waals surface area contributed by atoms with E-state index in [0.29, 0.717) is 23.6 Å². The van der Waals surface area contributed by atoms with Crippen LogP contribution in [0.15, 0.2) is 36.4 Å². The Hall–Kier alpha value is -2.10. The summed E-state index contributed by atoms with van der Waals surface area (Å²) in [4.78, 5) is 0. The molecule has 112 valence electrons. The van der Waals surface area contributed by atoms with Gasteiger partial charge < -0.3 is 10.1 Å². The van der Waals surface area contributed by atoms with Crippen molar-refractivity contribution in [3.63, 3.8) is 0 Å². The SMILES string of the molecule is CCOc1cc(F)ccc1NC(C)c1ccc(C)c(F)c1. The fourth-order valence-electron chi connectivity index (χ4n) is 2.09. The first-order valence-electron chi connectivity index (χ1n) is 6.96. The van der Waals surface area contributed by atoms with E-state index < -0.39 is 0 Å². The molecule has 21 heavy (non-hydrogen) atoms. The maximum atomic E-state index is 13.6. The Balaban J connectivity index is 2.22. The van der Waals surface area contributed by atoms with E-state index in [9.17, 15) is 8.78 Å². The molecule has 0 fully saturated rings. The molecule has 1 atom stereocenters. The van der Waals surface area contributed by atoms with E-state index in [-0.39, 0.29) is 17.7 Å². The number of benzene rings is 2. The molecule has 2 rings (SSSR count). The molecule has 0 spiro atoms. The van der Waals surface area contributed by atoms with Gasteiger partial charge in [0.15, 0.2) is 0 Å². The molecule has 0 saturated carbocycles. The smallest absolute Gasteiger partial charge is 0.145 e.